The molecule has 1 aromatic heterocycles. The van der Waals surface area contributed by atoms with Crippen LogP contribution in [0.2, 0.25) is 0 Å². The van der Waals surface area contributed by atoms with Crippen LogP contribution in [0, 0.1) is 13.8 Å². The van der Waals surface area contributed by atoms with Crippen LogP contribution >= 0.6 is 0 Å². The topological polar surface area (TPSA) is 98.6 Å². The van der Waals surface area contributed by atoms with Gasteiger partial charge >= 0.3 is 0 Å². The number of hydrogen-bond donors (Lipinski definition) is 1. The standard InChI is InChI=1S/C30H35N5O4/c1-19-12-13-25(20(2)14-19)35(27(36)18-34-26-11-9-8-10-24(26)32-33-34)28(29(37)31-30(3,4)5)21-15-22(38-6)17-23(16-21)39-7/h8-17,28H,18H2,1-7H3,(H,31,37)/t28-/m1/s1. The molecule has 9 nitrogen and oxygen atoms in total. The Kier molecular flexibility index (Phi) is 7.90. The molecule has 39 heavy (non-hydrogen) atoms. The van der Waals surface area contributed by atoms with Crippen molar-refractivity contribution < 1.29 is 19.1 Å². The highest BCUT2D eigenvalue weighted by Crippen LogP contribution is 2.35. The number of anilines is 1. The summed E-state index contributed by atoms with van der Waals surface area (Å²) in [6, 6.07) is 17.4. The van der Waals surface area contributed by atoms with Crippen molar-refractivity contribution in [2.24, 2.45) is 0 Å². The molecule has 0 saturated heterocycles. The van der Waals surface area contributed by atoms with Gasteiger partial charge in [0.25, 0.3) is 0 Å². The van der Waals surface area contributed by atoms with Crippen molar-refractivity contribution in [2.45, 2.75) is 52.7 Å². The van der Waals surface area contributed by atoms with Crippen LogP contribution in [0.25, 0.3) is 11.0 Å². The number of aromatic nitrogens is 3. The Morgan fingerprint density at radius 3 is 2.26 bits per heavy atom. The van der Waals surface area contributed by atoms with E-state index < -0.39 is 11.6 Å². The SMILES string of the molecule is COc1cc(OC)cc([C@H](C(=O)NC(C)(C)C)N(C(=O)Cn2nnc3ccccc32)c2ccc(C)cc2C)c1. The number of benzene rings is 3. The lowest BCUT2D eigenvalue weighted by atomic mass is 9.98. The molecule has 1 N–H and O–H groups in total. The number of rotatable bonds is 8. The zero-order valence-electron chi connectivity index (χ0n) is 23.5. The molecule has 1 atom stereocenters. The number of nitrogens with one attached hydrogen (secondary N) is 1. The van der Waals surface area contributed by atoms with Gasteiger partial charge in [0.2, 0.25) is 11.8 Å². The van der Waals surface area contributed by atoms with Crippen LogP contribution in [0.5, 0.6) is 11.5 Å². The van der Waals surface area contributed by atoms with Crippen LogP contribution in [0.1, 0.15) is 43.5 Å². The lowest BCUT2D eigenvalue weighted by Crippen LogP contribution is -2.50. The van der Waals surface area contributed by atoms with Gasteiger partial charge in [0.05, 0.1) is 19.7 Å². The molecule has 9 heteroatoms. The third-order valence-electron chi connectivity index (χ3n) is 6.28. The van der Waals surface area contributed by atoms with Crippen LogP contribution in [0.15, 0.2) is 60.7 Å². The fraction of sp³-hybridized carbons (Fsp3) is 0.333. The summed E-state index contributed by atoms with van der Waals surface area (Å²) < 4.78 is 12.6. The van der Waals surface area contributed by atoms with Crippen molar-refractivity contribution in [1.29, 1.82) is 0 Å². The van der Waals surface area contributed by atoms with Crippen molar-refractivity contribution in [2.75, 3.05) is 19.1 Å². The van der Waals surface area contributed by atoms with Gasteiger partial charge in [0.15, 0.2) is 0 Å². The zero-order chi connectivity index (χ0) is 28.3. The molecular formula is C30H35N5O4. The summed E-state index contributed by atoms with van der Waals surface area (Å²) in [6.45, 7) is 9.50. The maximum Gasteiger partial charge on any atom is 0.249 e. The first-order chi connectivity index (χ1) is 18.5. The Morgan fingerprint density at radius 1 is 0.974 bits per heavy atom. The lowest BCUT2D eigenvalue weighted by Gasteiger charge is -2.35. The predicted molar refractivity (Wildman–Crippen MR) is 151 cm³/mol. The van der Waals surface area contributed by atoms with Crippen LogP contribution < -0.4 is 19.7 Å². The van der Waals surface area contributed by atoms with E-state index in [1.54, 1.807) is 42.0 Å². The van der Waals surface area contributed by atoms with E-state index in [9.17, 15) is 9.59 Å². The molecule has 0 aliphatic rings. The van der Waals surface area contributed by atoms with Gasteiger partial charge in [-0.05, 0) is 76.1 Å². The van der Waals surface area contributed by atoms with E-state index in [-0.39, 0.29) is 18.4 Å². The number of fused-ring (bicyclic) bond motifs is 1. The Labute approximate surface area is 228 Å². The van der Waals surface area contributed by atoms with Crippen molar-refractivity contribution >= 4 is 28.5 Å². The molecule has 0 unspecified atom stereocenters. The molecular weight excluding hydrogens is 494 g/mol. The van der Waals surface area contributed by atoms with Gasteiger partial charge in [-0.2, -0.15) is 0 Å². The van der Waals surface area contributed by atoms with E-state index in [1.807, 2.05) is 77.1 Å². The van der Waals surface area contributed by atoms with Gasteiger partial charge in [0.1, 0.15) is 29.6 Å². The highest BCUT2D eigenvalue weighted by Gasteiger charge is 2.36. The smallest absolute Gasteiger partial charge is 0.249 e. The third kappa shape index (κ3) is 6.19. The monoisotopic (exact) mass is 529 g/mol. The number of methoxy groups -OCH3 is 2. The fourth-order valence-electron chi connectivity index (χ4n) is 4.57. The normalized spacial score (nSPS) is 12.2. The largest absolute Gasteiger partial charge is 0.497 e. The summed E-state index contributed by atoms with van der Waals surface area (Å²) in [7, 11) is 3.09. The number of ether oxygens (including phenoxy) is 2. The van der Waals surface area contributed by atoms with E-state index >= 15 is 0 Å². The molecule has 0 radical (unpaired) electrons. The van der Waals surface area contributed by atoms with Crippen LogP contribution in [0.3, 0.4) is 0 Å². The predicted octanol–water partition coefficient (Wildman–Crippen LogP) is 4.75. The molecule has 0 spiro atoms. The minimum Gasteiger partial charge on any atom is -0.497 e. The Hall–Kier alpha value is -4.40. The first-order valence-corrected chi connectivity index (χ1v) is 12.7. The highest BCUT2D eigenvalue weighted by molar-refractivity contribution is 6.02. The number of carbonyl (C=O) groups is 2. The Morgan fingerprint density at radius 2 is 1.64 bits per heavy atom. The van der Waals surface area contributed by atoms with Gasteiger partial charge in [0, 0.05) is 17.3 Å². The molecule has 1 heterocycles. The maximum absolute atomic E-state index is 14.3. The Bertz CT molecular complexity index is 1480. The molecule has 2 amide bonds. The van der Waals surface area contributed by atoms with Crippen LogP contribution in [-0.2, 0) is 16.1 Å². The zero-order valence-corrected chi connectivity index (χ0v) is 23.5. The number of carbonyl (C=O) groups excluding carboxylic acids is 2. The summed E-state index contributed by atoms with van der Waals surface area (Å²) in [5, 5.41) is 11.5. The minimum atomic E-state index is -1.03. The second-order valence-electron chi connectivity index (χ2n) is 10.6. The van der Waals surface area contributed by atoms with E-state index in [2.05, 4.69) is 15.6 Å². The highest BCUT2D eigenvalue weighted by atomic mass is 16.5. The summed E-state index contributed by atoms with van der Waals surface area (Å²) in [5.41, 5.74) is 3.93. The molecule has 0 bridgehead atoms. The summed E-state index contributed by atoms with van der Waals surface area (Å²) in [6.07, 6.45) is 0. The summed E-state index contributed by atoms with van der Waals surface area (Å²) >= 11 is 0. The lowest BCUT2D eigenvalue weighted by molar-refractivity contribution is -0.128. The fourth-order valence-corrected chi connectivity index (χ4v) is 4.57. The molecule has 204 valence electrons. The molecule has 4 rings (SSSR count). The quantitative estimate of drug-likeness (QED) is 0.354. The van der Waals surface area contributed by atoms with E-state index in [1.165, 1.54) is 0 Å². The number of aryl methyl sites for hydroxylation is 2. The number of nitrogens with zero attached hydrogens (tertiary/aromatic N) is 4. The summed E-state index contributed by atoms with van der Waals surface area (Å²) in [4.78, 5) is 29.9. The molecule has 4 aromatic rings. The maximum atomic E-state index is 14.3. The first kappa shape index (κ1) is 27.6. The number of para-hydroxylation sites is 1. The average Bonchev–Trinajstić information content (AvgIpc) is 3.28. The summed E-state index contributed by atoms with van der Waals surface area (Å²) in [5.74, 6) is 0.351. The number of hydrogen-bond acceptors (Lipinski definition) is 6. The molecule has 0 fully saturated rings. The van der Waals surface area contributed by atoms with E-state index in [0.29, 0.717) is 28.3 Å². The Balaban J connectivity index is 1.91. The molecule has 0 aliphatic heterocycles. The number of amides is 2. The van der Waals surface area contributed by atoms with Gasteiger partial charge in [-0.3, -0.25) is 14.5 Å². The van der Waals surface area contributed by atoms with Gasteiger partial charge < -0.3 is 14.8 Å². The van der Waals surface area contributed by atoms with Crippen molar-refractivity contribution in [1.82, 2.24) is 20.3 Å². The molecule has 3 aromatic carbocycles. The second-order valence-corrected chi connectivity index (χ2v) is 10.6. The van der Waals surface area contributed by atoms with Crippen molar-refractivity contribution in [3.8, 4) is 11.5 Å². The van der Waals surface area contributed by atoms with Crippen molar-refractivity contribution in [3.05, 3.63) is 77.4 Å². The van der Waals surface area contributed by atoms with Crippen molar-refractivity contribution in [3.63, 3.8) is 0 Å². The van der Waals surface area contributed by atoms with E-state index in [4.69, 9.17) is 9.47 Å². The van der Waals surface area contributed by atoms with Crippen LogP contribution in [-0.4, -0.2) is 46.6 Å². The van der Waals surface area contributed by atoms with Gasteiger partial charge in [-0.15, -0.1) is 5.10 Å². The molecule has 0 aliphatic carbocycles. The third-order valence-corrected chi connectivity index (χ3v) is 6.28. The second kappa shape index (κ2) is 11.1. The minimum absolute atomic E-state index is 0.117. The average molecular weight is 530 g/mol. The van der Waals surface area contributed by atoms with Crippen LogP contribution in [0.4, 0.5) is 5.69 Å². The molecule has 0 saturated carbocycles. The van der Waals surface area contributed by atoms with E-state index in [0.717, 1.165) is 16.6 Å². The first-order valence-electron chi connectivity index (χ1n) is 12.7. The van der Waals surface area contributed by atoms with Gasteiger partial charge in [-0.1, -0.05) is 35.0 Å². The van der Waals surface area contributed by atoms with Gasteiger partial charge in [-0.25, -0.2) is 4.68 Å².